The van der Waals surface area contributed by atoms with Crippen molar-refractivity contribution in [2.24, 2.45) is 0 Å². The maximum atomic E-state index is 6.13. The third-order valence-electron chi connectivity index (χ3n) is 3.15. The lowest BCUT2D eigenvalue weighted by Gasteiger charge is -2.26. The second kappa shape index (κ2) is 6.72. The molecule has 21 heavy (non-hydrogen) atoms. The topological polar surface area (TPSA) is 34.1 Å². The van der Waals surface area contributed by atoms with Crippen LogP contribution in [0.3, 0.4) is 0 Å². The Morgan fingerprint density at radius 3 is 2.38 bits per heavy atom. The zero-order valence-corrected chi connectivity index (χ0v) is 13.3. The van der Waals surface area contributed by atoms with Crippen LogP contribution in [-0.4, -0.2) is 17.1 Å². The summed E-state index contributed by atoms with van der Waals surface area (Å²) in [5.74, 6) is 0.796. The minimum absolute atomic E-state index is 0.0325. The van der Waals surface area contributed by atoms with Gasteiger partial charge in [0.05, 0.1) is 6.20 Å². The molecule has 1 heterocycles. The van der Waals surface area contributed by atoms with Crippen molar-refractivity contribution in [1.29, 1.82) is 0 Å². The summed E-state index contributed by atoms with van der Waals surface area (Å²) >= 11 is 0. The number of aryl methyl sites for hydroxylation is 1. The molecule has 0 amide bonds. The summed E-state index contributed by atoms with van der Waals surface area (Å²) in [7, 11) is 0. The van der Waals surface area contributed by atoms with Crippen molar-refractivity contribution >= 4 is 0 Å². The Labute approximate surface area is 127 Å². The van der Waals surface area contributed by atoms with E-state index in [1.807, 2.05) is 37.3 Å². The highest BCUT2D eigenvalue weighted by atomic mass is 16.5. The summed E-state index contributed by atoms with van der Waals surface area (Å²) in [6.07, 6.45) is 1.75. The maximum Gasteiger partial charge on any atom is 0.138 e. The summed E-state index contributed by atoms with van der Waals surface area (Å²) in [6.45, 7) is 9.19. The molecule has 1 unspecified atom stereocenters. The molecule has 3 heteroatoms. The first kappa shape index (κ1) is 15.5. The summed E-state index contributed by atoms with van der Waals surface area (Å²) in [5.41, 5.74) is 2.21. The van der Waals surface area contributed by atoms with Gasteiger partial charge in [-0.15, -0.1) is 0 Å². The molecule has 0 aliphatic carbocycles. The van der Waals surface area contributed by atoms with Gasteiger partial charge in [0.1, 0.15) is 11.9 Å². The minimum Gasteiger partial charge on any atom is -0.483 e. The molecule has 0 spiro atoms. The molecule has 3 nitrogen and oxygen atoms in total. The molecule has 2 aromatic rings. The van der Waals surface area contributed by atoms with Gasteiger partial charge in [0, 0.05) is 17.8 Å². The van der Waals surface area contributed by atoms with Gasteiger partial charge < -0.3 is 10.1 Å². The van der Waals surface area contributed by atoms with E-state index < -0.39 is 0 Å². The van der Waals surface area contributed by atoms with Gasteiger partial charge >= 0.3 is 0 Å². The molecule has 1 N–H and O–H groups in total. The van der Waals surface area contributed by atoms with E-state index in [1.54, 1.807) is 6.20 Å². The fourth-order valence-corrected chi connectivity index (χ4v) is 1.98. The van der Waals surface area contributed by atoms with Gasteiger partial charge in [-0.3, -0.25) is 4.98 Å². The number of nitrogens with one attached hydrogen (secondary N) is 1. The van der Waals surface area contributed by atoms with Crippen LogP contribution >= 0.6 is 0 Å². The maximum absolute atomic E-state index is 6.13. The van der Waals surface area contributed by atoms with E-state index in [9.17, 15) is 0 Å². The predicted octanol–water partition coefficient (Wildman–Crippen LogP) is 3.90. The molecule has 0 fully saturated rings. The SMILES string of the molecule is Cc1ccc(OC(CNC(C)(C)C)c2ccccc2)cn1. The normalized spacial score (nSPS) is 13.0. The molecule has 0 aliphatic heterocycles. The average Bonchev–Trinajstić information content (AvgIpc) is 2.45. The molecule has 2 rings (SSSR count). The molecular formula is C18H24N2O. The van der Waals surface area contributed by atoms with Gasteiger partial charge in [-0.05, 0) is 45.4 Å². The largest absolute Gasteiger partial charge is 0.483 e. The van der Waals surface area contributed by atoms with E-state index in [-0.39, 0.29) is 11.6 Å². The van der Waals surface area contributed by atoms with Crippen LogP contribution in [0.15, 0.2) is 48.7 Å². The second-order valence-corrected chi connectivity index (χ2v) is 6.28. The van der Waals surface area contributed by atoms with Crippen LogP contribution in [0, 0.1) is 6.92 Å². The number of rotatable bonds is 5. The number of pyridine rings is 1. The van der Waals surface area contributed by atoms with Crippen molar-refractivity contribution < 1.29 is 4.74 Å². The lowest BCUT2D eigenvalue weighted by Crippen LogP contribution is -2.39. The van der Waals surface area contributed by atoms with Crippen molar-refractivity contribution in [2.45, 2.75) is 39.3 Å². The summed E-state index contributed by atoms with van der Waals surface area (Å²) in [4.78, 5) is 4.29. The molecular weight excluding hydrogens is 260 g/mol. The first-order valence-electron chi connectivity index (χ1n) is 7.33. The minimum atomic E-state index is -0.0325. The standard InChI is InChI=1S/C18H24N2O/c1-14-10-11-16(12-19-14)21-17(13-20-18(2,3)4)15-8-6-5-7-9-15/h5-12,17,20H,13H2,1-4H3. The molecule has 112 valence electrons. The molecule has 1 aromatic heterocycles. The number of aromatic nitrogens is 1. The highest BCUT2D eigenvalue weighted by molar-refractivity contribution is 5.23. The van der Waals surface area contributed by atoms with Crippen LogP contribution in [0.5, 0.6) is 5.75 Å². The Morgan fingerprint density at radius 1 is 1.10 bits per heavy atom. The first-order chi connectivity index (χ1) is 9.94. The van der Waals surface area contributed by atoms with E-state index in [4.69, 9.17) is 4.74 Å². The molecule has 1 atom stereocenters. The Kier molecular flexibility index (Phi) is 4.97. The van der Waals surface area contributed by atoms with Crippen LogP contribution < -0.4 is 10.1 Å². The van der Waals surface area contributed by atoms with E-state index in [2.05, 4.69) is 43.2 Å². The molecule has 0 saturated heterocycles. The van der Waals surface area contributed by atoms with Crippen LogP contribution in [0.1, 0.15) is 38.1 Å². The number of hydrogen-bond acceptors (Lipinski definition) is 3. The van der Waals surface area contributed by atoms with E-state index >= 15 is 0 Å². The van der Waals surface area contributed by atoms with Gasteiger partial charge in [0.25, 0.3) is 0 Å². The van der Waals surface area contributed by atoms with Gasteiger partial charge in [-0.1, -0.05) is 30.3 Å². The Morgan fingerprint density at radius 2 is 1.81 bits per heavy atom. The van der Waals surface area contributed by atoms with Crippen LogP contribution in [0.4, 0.5) is 0 Å². The van der Waals surface area contributed by atoms with Gasteiger partial charge in [-0.25, -0.2) is 0 Å². The quantitative estimate of drug-likeness (QED) is 0.904. The molecule has 0 bridgehead atoms. The Hall–Kier alpha value is -1.87. The van der Waals surface area contributed by atoms with Gasteiger partial charge in [0.15, 0.2) is 0 Å². The van der Waals surface area contributed by atoms with Crippen molar-refractivity contribution in [1.82, 2.24) is 10.3 Å². The zero-order chi connectivity index (χ0) is 15.3. The highest BCUT2D eigenvalue weighted by Crippen LogP contribution is 2.21. The Bertz CT molecular complexity index is 544. The van der Waals surface area contributed by atoms with Crippen molar-refractivity contribution in [3.05, 3.63) is 59.9 Å². The second-order valence-electron chi connectivity index (χ2n) is 6.28. The van der Waals surface area contributed by atoms with Crippen LogP contribution in [0.2, 0.25) is 0 Å². The number of ether oxygens (including phenoxy) is 1. The number of nitrogens with zero attached hydrogens (tertiary/aromatic N) is 1. The highest BCUT2D eigenvalue weighted by Gasteiger charge is 2.17. The molecule has 0 saturated carbocycles. The third-order valence-corrected chi connectivity index (χ3v) is 3.15. The third kappa shape index (κ3) is 5.20. The van der Waals surface area contributed by atoms with Gasteiger partial charge in [0.2, 0.25) is 0 Å². The summed E-state index contributed by atoms with van der Waals surface area (Å²) in [6, 6.07) is 14.2. The summed E-state index contributed by atoms with van der Waals surface area (Å²) < 4.78 is 6.13. The van der Waals surface area contributed by atoms with Crippen molar-refractivity contribution in [3.63, 3.8) is 0 Å². The molecule has 0 radical (unpaired) electrons. The van der Waals surface area contributed by atoms with E-state index in [1.165, 1.54) is 0 Å². The average molecular weight is 284 g/mol. The van der Waals surface area contributed by atoms with Crippen molar-refractivity contribution in [3.8, 4) is 5.75 Å². The number of hydrogen-bond donors (Lipinski definition) is 1. The fourth-order valence-electron chi connectivity index (χ4n) is 1.98. The molecule has 0 aliphatic rings. The molecule has 1 aromatic carbocycles. The van der Waals surface area contributed by atoms with Crippen LogP contribution in [0.25, 0.3) is 0 Å². The zero-order valence-electron chi connectivity index (χ0n) is 13.3. The van der Waals surface area contributed by atoms with Crippen LogP contribution in [-0.2, 0) is 0 Å². The van der Waals surface area contributed by atoms with E-state index in [0.717, 1.165) is 23.6 Å². The van der Waals surface area contributed by atoms with Gasteiger partial charge in [-0.2, -0.15) is 0 Å². The fraction of sp³-hybridized carbons (Fsp3) is 0.389. The lowest BCUT2D eigenvalue weighted by atomic mass is 10.1. The lowest BCUT2D eigenvalue weighted by molar-refractivity contribution is 0.188. The number of benzene rings is 1. The van der Waals surface area contributed by atoms with Crippen molar-refractivity contribution in [2.75, 3.05) is 6.54 Å². The smallest absolute Gasteiger partial charge is 0.138 e. The first-order valence-corrected chi connectivity index (χ1v) is 7.33. The predicted molar refractivity (Wildman–Crippen MR) is 86.5 cm³/mol. The summed E-state index contributed by atoms with van der Waals surface area (Å²) in [5, 5.41) is 3.51. The Balaban J connectivity index is 2.13. The van der Waals surface area contributed by atoms with E-state index in [0.29, 0.717) is 0 Å². The monoisotopic (exact) mass is 284 g/mol.